The van der Waals surface area contributed by atoms with E-state index in [1.807, 2.05) is 13.8 Å². The lowest BCUT2D eigenvalue weighted by molar-refractivity contribution is 1.99. The highest BCUT2D eigenvalue weighted by Crippen LogP contribution is 1.78. The zero-order chi connectivity index (χ0) is 5.15. The van der Waals surface area contributed by atoms with E-state index in [2.05, 4.69) is 24.4 Å². The van der Waals surface area contributed by atoms with Crippen LogP contribution in [0.1, 0.15) is 13.8 Å². The van der Waals surface area contributed by atoms with Crippen molar-refractivity contribution in [3.05, 3.63) is 0 Å². The van der Waals surface area contributed by atoms with Crippen LogP contribution in [0.15, 0.2) is 0 Å². The van der Waals surface area contributed by atoms with E-state index in [0.29, 0.717) is 0 Å². The molecule has 0 unspecified atom stereocenters. The van der Waals surface area contributed by atoms with Gasteiger partial charge in [0.05, 0.1) is 0 Å². The third kappa shape index (κ3) is 2.42. The van der Waals surface area contributed by atoms with E-state index in [1.54, 1.807) is 0 Å². The summed E-state index contributed by atoms with van der Waals surface area (Å²) in [6.45, 7) is 3.66. The highest BCUT2D eigenvalue weighted by Gasteiger charge is 1.83. The number of rotatable bonds is 1. The quantitative estimate of drug-likeness (QED) is 0.481. The van der Waals surface area contributed by atoms with Crippen LogP contribution in [0.5, 0.6) is 0 Å². The lowest BCUT2D eigenvalue weighted by Gasteiger charge is -1.82. The molecule has 0 atom stereocenters. The Morgan fingerprint density at radius 1 is 1.00 bits per heavy atom. The molecule has 0 aliphatic rings. The Hall–Kier alpha value is 0.180. The van der Waals surface area contributed by atoms with Crippen molar-refractivity contribution in [2.75, 3.05) is 0 Å². The molecule has 6 heavy (non-hydrogen) atoms. The third-order valence-corrected chi connectivity index (χ3v) is 1.24. The summed E-state index contributed by atoms with van der Waals surface area (Å²) < 4.78 is 0. The van der Waals surface area contributed by atoms with Crippen LogP contribution >= 0.6 is 24.4 Å². The van der Waals surface area contributed by atoms with Gasteiger partial charge in [-0.3, -0.25) is 0 Å². The molecule has 0 aromatic rings. The SMILES string of the molecule is CC(=S)C(C)=S. The predicted molar refractivity (Wildman–Crippen MR) is 36.5 cm³/mol. The largest absolute Gasteiger partial charge is 0.0840 e. The van der Waals surface area contributed by atoms with E-state index in [9.17, 15) is 0 Å². The minimum atomic E-state index is 0.824. The molecule has 0 radical (unpaired) electrons. The summed E-state index contributed by atoms with van der Waals surface area (Å²) in [4.78, 5) is 1.65. The summed E-state index contributed by atoms with van der Waals surface area (Å²) in [5, 5.41) is 0. The number of hydrogen-bond donors (Lipinski definition) is 0. The van der Waals surface area contributed by atoms with E-state index < -0.39 is 0 Å². The first-order valence-corrected chi connectivity index (χ1v) is 2.47. The van der Waals surface area contributed by atoms with Gasteiger partial charge in [-0.2, -0.15) is 0 Å². The molecule has 0 spiro atoms. The van der Waals surface area contributed by atoms with Crippen LogP contribution in [0.3, 0.4) is 0 Å². The Kier molecular flexibility index (Phi) is 2.44. The molecule has 0 N–H and O–H groups in total. The third-order valence-electron chi connectivity index (χ3n) is 0.496. The zero-order valence-corrected chi connectivity index (χ0v) is 5.45. The Morgan fingerprint density at radius 3 is 1.17 bits per heavy atom. The average Bonchev–Trinajstić information content (AvgIpc) is 1.36. The molecule has 2 heteroatoms. The summed E-state index contributed by atoms with van der Waals surface area (Å²) in [5.41, 5.74) is 0. The van der Waals surface area contributed by atoms with E-state index in [4.69, 9.17) is 0 Å². The van der Waals surface area contributed by atoms with Crippen molar-refractivity contribution in [1.82, 2.24) is 0 Å². The van der Waals surface area contributed by atoms with Crippen molar-refractivity contribution < 1.29 is 0 Å². The molecule has 0 amide bonds. The Bertz CT molecular complexity index is 71.5. The van der Waals surface area contributed by atoms with Gasteiger partial charge in [0.25, 0.3) is 0 Å². The van der Waals surface area contributed by atoms with Crippen LogP contribution in [0, 0.1) is 0 Å². The zero-order valence-electron chi connectivity index (χ0n) is 3.82. The second-order valence-electron chi connectivity index (χ2n) is 1.11. The maximum atomic E-state index is 4.68. The maximum Gasteiger partial charge on any atom is 0.0257 e. The standard InChI is InChI=1S/C4H6S2/c1-3(5)4(2)6/h1-2H3. The first kappa shape index (κ1) is 6.18. The molecule has 0 aliphatic heterocycles. The summed E-state index contributed by atoms with van der Waals surface area (Å²) in [5.74, 6) is 0. The first-order chi connectivity index (χ1) is 2.64. The van der Waals surface area contributed by atoms with Crippen LogP contribution in [0.2, 0.25) is 0 Å². The molecule has 34 valence electrons. The van der Waals surface area contributed by atoms with Crippen LogP contribution in [0.25, 0.3) is 0 Å². The minimum Gasteiger partial charge on any atom is -0.0840 e. The van der Waals surface area contributed by atoms with Gasteiger partial charge in [0, 0.05) is 9.73 Å². The molecule has 0 rings (SSSR count). The van der Waals surface area contributed by atoms with Crippen molar-refractivity contribution in [3.8, 4) is 0 Å². The fourth-order valence-corrected chi connectivity index (χ4v) is 0. The number of thiocarbonyl (C=S) groups is 2. The van der Waals surface area contributed by atoms with Crippen molar-refractivity contribution in [2.45, 2.75) is 13.8 Å². The molecular formula is C4H6S2. The molecule has 0 saturated heterocycles. The smallest absolute Gasteiger partial charge is 0.0257 e. The van der Waals surface area contributed by atoms with Gasteiger partial charge >= 0.3 is 0 Å². The Labute approximate surface area is 48.6 Å². The van der Waals surface area contributed by atoms with Gasteiger partial charge < -0.3 is 0 Å². The summed E-state index contributed by atoms with van der Waals surface area (Å²) >= 11 is 9.36. The summed E-state index contributed by atoms with van der Waals surface area (Å²) in [7, 11) is 0. The topological polar surface area (TPSA) is 0 Å². The van der Waals surface area contributed by atoms with Crippen molar-refractivity contribution in [3.63, 3.8) is 0 Å². The van der Waals surface area contributed by atoms with Gasteiger partial charge in [0.1, 0.15) is 0 Å². The van der Waals surface area contributed by atoms with Gasteiger partial charge in [-0.25, -0.2) is 0 Å². The van der Waals surface area contributed by atoms with Crippen LogP contribution < -0.4 is 0 Å². The van der Waals surface area contributed by atoms with Crippen LogP contribution in [-0.2, 0) is 0 Å². The van der Waals surface area contributed by atoms with Gasteiger partial charge in [-0.15, -0.1) is 0 Å². The molecule has 0 aromatic heterocycles. The fourth-order valence-electron chi connectivity index (χ4n) is 0. The average molecular weight is 118 g/mol. The van der Waals surface area contributed by atoms with E-state index in [-0.39, 0.29) is 0 Å². The molecule has 0 saturated carbocycles. The van der Waals surface area contributed by atoms with E-state index in [1.165, 1.54) is 0 Å². The molecule has 0 heterocycles. The van der Waals surface area contributed by atoms with Crippen molar-refractivity contribution in [1.29, 1.82) is 0 Å². The van der Waals surface area contributed by atoms with Gasteiger partial charge in [0.15, 0.2) is 0 Å². The van der Waals surface area contributed by atoms with Gasteiger partial charge in [0.2, 0.25) is 0 Å². The van der Waals surface area contributed by atoms with Gasteiger partial charge in [-0.05, 0) is 13.8 Å². The van der Waals surface area contributed by atoms with Crippen LogP contribution in [0.4, 0.5) is 0 Å². The molecule has 0 bridgehead atoms. The maximum absolute atomic E-state index is 4.68. The monoisotopic (exact) mass is 118 g/mol. The lowest BCUT2D eigenvalue weighted by atomic mass is 10.4. The number of hydrogen-bond acceptors (Lipinski definition) is 2. The molecule has 0 aromatic carbocycles. The molecule has 0 nitrogen and oxygen atoms in total. The lowest BCUT2D eigenvalue weighted by Crippen LogP contribution is -1.95. The second-order valence-corrected chi connectivity index (χ2v) is 2.34. The second kappa shape index (κ2) is 2.37. The molecule has 0 fully saturated rings. The van der Waals surface area contributed by atoms with E-state index in [0.717, 1.165) is 9.73 Å². The normalized spacial score (nSPS) is 7.67. The Balaban J connectivity index is 3.57. The summed E-state index contributed by atoms with van der Waals surface area (Å²) in [6, 6.07) is 0. The van der Waals surface area contributed by atoms with Crippen molar-refractivity contribution >= 4 is 34.2 Å². The fraction of sp³-hybridized carbons (Fsp3) is 0.500. The molecule has 0 aliphatic carbocycles. The first-order valence-electron chi connectivity index (χ1n) is 1.66. The highest BCUT2D eigenvalue weighted by atomic mass is 32.1. The van der Waals surface area contributed by atoms with Crippen LogP contribution in [-0.4, -0.2) is 9.73 Å². The highest BCUT2D eigenvalue weighted by molar-refractivity contribution is 7.89. The minimum absolute atomic E-state index is 0.824. The molecular weight excluding hydrogens is 112 g/mol. The summed E-state index contributed by atoms with van der Waals surface area (Å²) in [6.07, 6.45) is 0. The van der Waals surface area contributed by atoms with Crippen molar-refractivity contribution in [2.24, 2.45) is 0 Å². The van der Waals surface area contributed by atoms with E-state index >= 15 is 0 Å². The Morgan fingerprint density at radius 2 is 1.17 bits per heavy atom. The van der Waals surface area contributed by atoms with Gasteiger partial charge in [-0.1, -0.05) is 24.4 Å². The predicted octanol–water partition coefficient (Wildman–Crippen LogP) is 1.77.